The number of aromatic nitrogens is 4. The van der Waals surface area contributed by atoms with Crippen molar-refractivity contribution < 1.29 is 0 Å². The Balaban J connectivity index is 0.000000194. The van der Waals surface area contributed by atoms with E-state index in [-0.39, 0.29) is 36.3 Å². The number of piperidine rings is 2. The number of nitrogens with zero attached hydrogens (tertiary/aromatic N) is 8. The predicted molar refractivity (Wildman–Crippen MR) is 191 cm³/mol. The minimum atomic E-state index is -0.394. The molecule has 2 fully saturated rings. The average molecular weight is 679 g/mol. The van der Waals surface area contributed by atoms with Crippen molar-refractivity contribution in [1.82, 2.24) is 18.3 Å². The number of hydrogen-bond donors (Lipinski definition) is 2. The molecule has 0 radical (unpaired) electrons. The van der Waals surface area contributed by atoms with E-state index in [2.05, 4.69) is 12.1 Å². The van der Waals surface area contributed by atoms with Gasteiger partial charge in [0.15, 0.2) is 0 Å². The number of hydrogen-bond acceptors (Lipinski definition) is 10. The molecule has 0 bridgehead atoms. The van der Waals surface area contributed by atoms with E-state index in [0.717, 1.165) is 59.0 Å². The molecule has 260 valence electrons. The van der Waals surface area contributed by atoms with Gasteiger partial charge in [-0.05, 0) is 48.9 Å². The van der Waals surface area contributed by atoms with Gasteiger partial charge in [0.1, 0.15) is 11.6 Å². The number of nitriles is 2. The highest BCUT2D eigenvalue weighted by Gasteiger charge is 2.23. The smallest absolute Gasteiger partial charge is 0.332 e. The topological polar surface area (TPSA) is 194 Å². The molecule has 0 saturated carbocycles. The fraction of sp³-hybridized carbons (Fsp3) is 0.389. The summed E-state index contributed by atoms with van der Waals surface area (Å²) in [5, 5.41) is 18.6. The summed E-state index contributed by atoms with van der Waals surface area (Å²) in [6.07, 6.45) is 3.70. The summed E-state index contributed by atoms with van der Waals surface area (Å²) < 4.78 is 5.27. The van der Waals surface area contributed by atoms with Crippen molar-refractivity contribution in [2.75, 3.05) is 36.0 Å². The molecule has 2 saturated heterocycles. The van der Waals surface area contributed by atoms with Gasteiger partial charge in [0.25, 0.3) is 11.1 Å². The van der Waals surface area contributed by atoms with Crippen LogP contribution in [0.1, 0.15) is 47.9 Å². The van der Waals surface area contributed by atoms with Gasteiger partial charge in [-0.25, -0.2) is 9.59 Å². The summed E-state index contributed by atoms with van der Waals surface area (Å²) in [4.78, 5) is 53.7. The molecule has 4 heterocycles. The van der Waals surface area contributed by atoms with Gasteiger partial charge in [-0.3, -0.25) is 27.9 Å². The first kappa shape index (κ1) is 35.6. The monoisotopic (exact) mass is 678 g/mol. The van der Waals surface area contributed by atoms with Gasteiger partial charge in [0, 0.05) is 64.5 Å². The SMILES string of the molecule is Cn1c(=O)cc(N2CCC[C@@H](N)C2)n(Cc2ccccc2C#N)c1=O.Cn1c(=O)cc(N2CCC[C@@H](N)C2)n(Cc2ccccc2C#N)c1=O. The number of anilines is 2. The van der Waals surface area contributed by atoms with Gasteiger partial charge in [0.2, 0.25) is 0 Å². The molecule has 14 nitrogen and oxygen atoms in total. The van der Waals surface area contributed by atoms with E-state index in [1.165, 1.54) is 26.2 Å². The summed E-state index contributed by atoms with van der Waals surface area (Å²) >= 11 is 0. The average Bonchev–Trinajstić information content (AvgIpc) is 3.12. The van der Waals surface area contributed by atoms with Crippen LogP contribution in [-0.4, -0.2) is 56.5 Å². The van der Waals surface area contributed by atoms with Crippen LogP contribution >= 0.6 is 0 Å². The molecule has 0 aliphatic carbocycles. The molecule has 4 N–H and O–H groups in total. The van der Waals surface area contributed by atoms with Crippen LogP contribution in [0.15, 0.2) is 79.8 Å². The first-order valence-electron chi connectivity index (χ1n) is 16.6. The molecular weight excluding hydrogens is 636 g/mol. The molecule has 4 aromatic rings. The molecule has 0 unspecified atom stereocenters. The van der Waals surface area contributed by atoms with E-state index in [9.17, 15) is 29.7 Å². The fourth-order valence-electron chi connectivity index (χ4n) is 6.45. The maximum Gasteiger partial charge on any atom is 0.332 e. The summed E-state index contributed by atoms with van der Waals surface area (Å²) in [5.41, 5.74) is 13.2. The maximum absolute atomic E-state index is 12.7. The van der Waals surface area contributed by atoms with Gasteiger partial charge in [-0.1, -0.05) is 36.4 Å². The molecular formula is C36H42N10O4. The molecule has 6 rings (SSSR count). The summed E-state index contributed by atoms with van der Waals surface area (Å²) in [6, 6.07) is 21.6. The third-order valence-corrected chi connectivity index (χ3v) is 9.25. The normalized spacial score (nSPS) is 17.3. The van der Waals surface area contributed by atoms with Gasteiger partial charge < -0.3 is 21.3 Å². The molecule has 2 aliphatic rings. The maximum atomic E-state index is 12.7. The summed E-state index contributed by atoms with van der Waals surface area (Å²) in [5.74, 6) is 1.13. The Labute approximate surface area is 289 Å². The number of benzene rings is 2. The van der Waals surface area contributed by atoms with Crippen LogP contribution in [-0.2, 0) is 27.2 Å². The van der Waals surface area contributed by atoms with Gasteiger partial charge >= 0.3 is 11.4 Å². The highest BCUT2D eigenvalue weighted by Crippen LogP contribution is 2.20. The third-order valence-electron chi connectivity index (χ3n) is 9.25. The number of rotatable bonds is 6. The molecule has 2 aromatic heterocycles. The fourth-order valence-corrected chi connectivity index (χ4v) is 6.45. The molecule has 50 heavy (non-hydrogen) atoms. The molecule has 0 spiro atoms. The van der Waals surface area contributed by atoms with E-state index in [4.69, 9.17) is 11.5 Å². The predicted octanol–water partition coefficient (Wildman–Crippen LogP) is 0.789. The Morgan fingerprint density at radius 3 is 1.40 bits per heavy atom. The highest BCUT2D eigenvalue weighted by atomic mass is 16.2. The van der Waals surface area contributed by atoms with E-state index in [1.54, 1.807) is 33.4 Å². The lowest BCUT2D eigenvalue weighted by Gasteiger charge is -2.34. The molecule has 0 amide bonds. The Morgan fingerprint density at radius 1 is 0.660 bits per heavy atom. The van der Waals surface area contributed by atoms with Crippen molar-refractivity contribution in [3.05, 3.63) is 125 Å². The zero-order chi connectivity index (χ0) is 35.9. The minimum Gasteiger partial charge on any atom is -0.356 e. The van der Waals surface area contributed by atoms with Crippen LogP contribution in [0.2, 0.25) is 0 Å². The minimum absolute atomic E-state index is 0.0211. The van der Waals surface area contributed by atoms with Crippen LogP contribution in [0.25, 0.3) is 0 Å². The van der Waals surface area contributed by atoms with Gasteiger partial charge in [0.05, 0.1) is 36.4 Å². The Hall–Kier alpha value is -5.70. The summed E-state index contributed by atoms with van der Waals surface area (Å²) in [7, 11) is 2.92. The van der Waals surface area contributed by atoms with Crippen LogP contribution in [0.3, 0.4) is 0 Å². The molecule has 2 aliphatic heterocycles. The van der Waals surface area contributed by atoms with Crippen molar-refractivity contribution in [2.45, 2.75) is 50.9 Å². The second-order valence-electron chi connectivity index (χ2n) is 12.8. The van der Waals surface area contributed by atoms with E-state index in [1.807, 2.05) is 34.1 Å². The molecule has 14 heteroatoms. The zero-order valence-electron chi connectivity index (χ0n) is 28.4. The highest BCUT2D eigenvalue weighted by molar-refractivity contribution is 5.44. The lowest BCUT2D eigenvalue weighted by atomic mass is 10.1. The van der Waals surface area contributed by atoms with E-state index >= 15 is 0 Å². The van der Waals surface area contributed by atoms with Crippen molar-refractivity contribution in [1.29, 1.82) is 10.5 Å². The van der Waals surface area contributed by atoms with Crippen molar-refractivity contribution >= 4 is 11.6 Å². The van der Waals surface area contributed by atoms with Crippen molar-refractivity contribution in [3.8, 4) is 12.1 Å². The Bertz CT molecular complexity index is 2030. The van der Waals surface area contributed by atoms with Crippen molar-refractivity contribution in [3.63, 3.8) is 0 Å². The quantitative estimate of drug-likeness (QED) is 0.294. The largest absolute Gasteiger partial charge is 0.356 e. The van der Waals surface area contributed by atoms with Gasteiger partial charge in [-0.15, -0.1) is 0 Å². The lowest BCUT2D eigenvalue weighted by Crippen LogP contribution is -2.47. The van der Waals surface area contributed by atoms with Crippen LogP contribution in [0.4, 0.5) is 11.6 Å². The van der Waals surface area contributed by atoms with Crippen LogP contribution in [0.5, 0.6) is 0 Å². The van der Waals surface area contributed by atoms with E-state index < -0.39 is 11.4 Å². The number of nitrogens with two attached hydrogens (primary N) is 2. The second kappa shape index (κ2) is 15.7. The standard InChI is InChI=1S/2C18H21N5O2/c2*1-21-17(24)9-16(22-8-4-7-15(20)12-22)23(18(21)25)11-14-6-3-2-5-13(14)10-19/h2*2-3,5-6,9,15H,4,7-8,11-12,20H2,1H3/t2*15-/m11/s1. The Morgan fingerprint density at radius 2 is 1.04 bits per heavy atom. The van der Waals surface area contributed by atoms with Gasteiger partial charge in [-0.2, -0.15) is 10.5 Å². The second-order valence-corrected chi connectivity index (χ2v) is 12.8. The van der Waals surface area contributed by atoms with Crippen LogP contribution < -0.4 is 43.8 Å². The third kappa shape index (κ3) is 7.78. The molecule has 2 atom stereocenters. The lowest BCUT2D eigenvalue weighted by molar-refractivity contribution is 0.491. The first-order valence-corrected chi connectivity index (χ1v) is 16.6. The Kier molecular flexibility index (Phi) is 11.2. The van der Waals surface area contributed by atoms with Crippen molar-refractivity contribution in [2.24, 2.45) is 25.6 Å². The van der Waals surface area contributed by atoms with E-state index in [0.29, 0.717) is 35.9 Å². The molecule has 2 aromatic carbocycles. The first-order chi connectivity index (χ1) is 24.0. The summed E-state index contributed by atoms with van der Waals surface area (Å²) in [6.45, 7) is 3.18. The zero-order valence-corrected chi connectivity index (χ0v) is 28.4. The van der Waals surface area contributed by atoms with Crippen LogP contribution in [0, 0.1) is 22.7 Å².